The average Bonchev–Trinajstić information content (AvgIpc) is 3.14. The van der Waals surface area contributed by atoms with Gasteiger partial charge in [-0.05, 0) is 38.1 Å². The normalized spacial score (nSPS) is 15.0. The number of unbranched alkanes of at least 4 members (excludes halogenated alkanes) is 23. The van der Waals surface area contributed by atoms with Gasteiger partial charge >= 0.3 is 0 Å². The summed E-state index contributed by atoms with van der Waals surface area (Å²) in [5, 5.41) is 36.5. The third-order valence-electron chi connectivity index (χ3n) is 12.0. The molecular formula is C47H99N3O3. The number of hydrogen-bond acceptors (Lipinski definition) is 6. The molecule has 0 amide bonds. The molecule has 0 aliphatic rings. The molecule has 0 heterocycles. The minimum atomic E-state index is -0.362. The molecule has 4 N–H and O–H groups in total. The molecule has 53 heavy (non-hydrogen) atoms. The number of aliphatic hydroxyl groups is 3. The molecule has 0 bridgehead atoms. The van der Waals surface area contributed by atoms with Crippen molar-refractivity contribution in [2.24, 2.45) is 11.8 Å². The van der Waals surface area contributed by atoms with E-state index in [1.165, 1.54) is 161 Å². The lowest BCUT2D eigenvalue weighted by molar-refractivity contribution is 0.0227. The van der Waals surface area contributed by atoms with E-state index >= 15 is 0 Å². The van der Waals surface area contributed by atoms with Gasteiger partial charge in [-0.3, -0.25) is 4.90 Å². The summed E-state index contributed by atoms with van der Waals surface area (Å²) in [6.07, 6.45) is 36.5. The Hall–Kier alpha value is -0.240. The fourth-order valence-corrected chi connectivity index (χ4v) is 7.66. The Morgan fingerprint density at radius 2 is 0.774 bits per heavy atom. The van der Waals surface area contributed by atoms with E-state index in [2.05, 4.69) is 56.8 Å². The summed E-state index contributed by atoms with van der Waals surface area (Å²) >= 11 is 0. The highest BCUT2D eigenvalue weighted by Gasteiger charge is 2.23. The first-order valence-corrected chi connectivity index (χ1v) is 23.9. The maximum Gasteiger partial charge on any atom is 0.0692 e. The predicted molar refractivity (Wildman–Crippen MR) is 234 cm³/mol. The number of nitrogens with one attached hydrogen (secondary N) is 1. The largest absolute Gasteiger partial charge is 0.392 e. The standard InChI is InChI=1S/C47H99N3O3/c1-7-10-13-16-19-22-23-26-29-32-35-45(51)40-48-36-37-49(6)38-39-50(41-46(52)43(4)33-30-27-24-20-17-14-11-8-2)42-47(53)44(5)34-31-28-25-21-18-15-12-9-3/h43-48,51-53H,7-42H2,1-6H3. The van der Waals surface area contributed by atoms with Gasteiger partial charge in [0.2, 0.25) is 0 Å². The van der Waals surface area contributed by atoms with E-state index in [4.69, 9.17) is 0 Å². The van der Waals surface area contributed by atoms with Crippen LogP contribution < -0.4 is 5.32 Å². The van der Waals surface area contributed by atoms with Gasteiger partial charge in [0.15, 0.2) is 0 Å². The highest BCUT2D eigenvalue weighted by Crippen LogP contribution is 2.20. The Kier molecular flexibility index (Phi) is 39.8. The van der Waals surface area contributed by atoms with Gasteiger partial charge in [-0.2, -0.15) is 0 Å². The number of likely N-dealkylation sites (N-methyl/N-ethyl adjacent to an activating group) is 1. The second-order valence-corrected chi connectivity index (χ2v) is 17.5. The van der Waals surface area contributed by atoms with E-state index in [1.54, 1.807) is 0 Å². The Morgan fingerprint density at radius 3 is 1.15 bits per heavy atom. The molecule has 0 aromatic heterocycles. The zero-order chi connectivity index (χ0) is 39.2. The number of aliphatic hydroxyl groups excluding tert-OH is 3. The minimum Gasteiger partial charge on any atom is -0.392 e. The lowest BCUT2D eigenvalue weighted by Crippen LogP contribution is -2.45. The zero-order valence-corrected chi connectivity index (χ0v) is 37.1. The first kappa shape index (κ1) is 52.8. The van der Waals surface area contributed by atoms with Crippen LogP contribution in [0, 0.1) is 11.8 Å². The van der Waals surface area contributed by atoms with Crippen LogP contribution in [-0.4, -0.2) is 96.3 Å². The lowest BCUT2D eigenvalue weighted by Gasteiger charge is -2.32. The zero-order valence-electron chi connectivity index (χ0n) is 37.1. The van der Waals surface area contributed by atoms with Gasteiger partial charge in [0.05, 0.1) is 18.3 Å². The summed E-state index contributed by atoms with van der Waals surface area (Å²) < 4.78 is 0. The lowest BCUT2D eigenvalue weighted by atomic mass is 9.94. The molecule has 6 nitrogen and oxygen atoms in total. The van der Waals surface area contributed by atoms with Gasteiger partial charge in [-0.25, -0.2) is 0 Å². The Labute approximate surface area is 333 Å². The highest BCUT2D eigenvalue weighted by molar-refractivity contribution is 4.76. The maximum absolute atomic E-state index is 11.3. The maximum atomic E-state index is 11.3. The summed E-state index contributed by atoms with van der Waals surface area (Å²) in [4.78, 5) is 4.69. The van der Waals surface area contributed by atoms with Gasteiger partial charge < -0.3 is 25.5 Å². The first-order valence-electron chi connectivity index (χ1n) is 23.9. The molecule has 0 radical (unpaired) electrons. The molecular weight excluding hydrogens is 655 g/mol. The smallest absolute Gasteiger partial charge is 0.0692 e. The van der Waals surface area contributed by atoms with Crippen LogP contribution >= 0.6 is 0 Å². The third-order valence-corrected chi connectivity index (χ3v) is 12.0. The van der Waals surface area contributed by atoms with Crippen LogP contribution in [0.1, 0.15) is 221 Å². The number of nitrogens with zero attached hydrogens (tertiary/aromatic N) is 2. The molecule has 6 heteroatoms. The molecule has 0 aromatic carbocycles. The number of rotatable bonds is 43. The van der Waals surface area contributed by atoms with Crippen LogP contribution in [0.5, 0.6) is 0 Å². The molecule has 320 valence electrons. The fraction of sp³-hybridized carbons (Fsp3) is 1.00. The van der Waals surface area contributed by atoms with Crippen molar-refractivity contribution in [3.8, 4) is 0 Å². The molecule has 0 aromatic rings. The Bertz CT molecular complexity index is 679. The molecule has 5 unspecified atom stereocenters. The molecule has 0 saturated carbocycles. The van der Waals surface area contributed by atoms with Crippen LogP contribution in [0.25, 0.3) is 0 Å². The third kappa shape index (κ3) is 35.9. The SMILES string of the molecule is CCCCCCCCCCCCC(O)CNCCN(C)CCN(CC(O)C(C)CCCCCCCCCC)CC(O)C(C)CCCCCCCCCC. The monoisotopic (exact) mass is 754 g/mol. The quantitative estimate of drug-likeness (QED) is 0.0465. The Balaban J connectivity index is 4.57. The summed E-state index contributed by atoms with van der Waals surface area (Å²) in [6.45, 7) is 16.7. The number of hydrogen-bond donors (Lipinski definition) is 4. The van der Waals surface area contributed by atoms with Crippen molar-refractivity contribution in [2.75, 3.05) is 52.9 Å². The molecule has 0 aliphatic carbocycles. The topological polar surface area (TPSA) is 79.2 Å². The fourth-order valence-electron chi connectivity index (χ4n) is 7.66. The summed E-state index contributed by atoms with van der Waals surface area (Å²) in [7, 11) is 2.17. The second kappa shape index (κ2) is 40.0. The van der Waals surface area contributed by atoms with Crippen LogP contribution in [0.15, 0.2) is 0 Å². The van der Waals surface area contributed by atoms with E-state index in [-0.39, 0.29) is 30.1 Å². The molecule has 0 spiro atoms. The first-order chi connectivity index (χ1) is 25.7. The van der Waals surface area contributed by atoms with Gasteiger partial charge in [-0.15, -0.1) is 0 Å². The van der Waals surface area contributed by atoms with Gasteiger partial charge in [0.1, 0.15) is 0 Å². The Morgan fingerprint density at radius 1 is 0.434 bits per heavy atom. The van der Waals surface area contributed by atoms with E-state index in [1.807, 2.05) is 0 Å². The second-order valence-electron chi connectivity index (χ2n) is 17.5. The van der Waals surface area contributed by atoms with Crippen molar-refractivity contribution in [1.29, 1.82) is 0 Å². The van der Waals surface area contributed by atoms with E-state index in [0.29, 0.717) is 19.6 Å². The van der Waals surface area contributed by atoms with E-state index in [0.717, 1.165) is 51.9 Å². The van der Waals surface area contributed by atoms with Gasteiger partial charge in [0, 0.05) is 45.8 Å². The van der Waals surface area contributed by atoms with Crippen molar-refractivity contribution in [3.63, 3.8) is 0 Å². The van der Waals surface area contributed by atoms with Gasteiger partial charge in [0.25, 0.3) is 0 Å². The van der Waals surface area contributed by atoms with E-state index in [9.17, 15) is 15.3 Å². The van der Waals surface area contributed by atoms with Crippen LogP contribution in [-0.2, 0) is 0 Å². The molecule has 5 atom stereocenters. The van der Waals surface area contributed by atoms with E-state index < -0.39 is 0 Å². The van der Waals surface area contributed by atoms with Crippen molar-refractivity contribution in [2.45, 2.75) is 239 Å². The summed E-state index contributed by atoms with van der Waals surface area (Å²) in [5.74, 6) is 0.552. The van der Waals surface area contributed by atoms with Crippen LogP contribution in [0.4, 0.5) is 0 Å². The van der Waals surface area contributed by atoms with Crippen LogP contribution in [0.2, 0.25) is 0 Å². The summed E-state index contributed by atoms with van der Waals surface area (Å²) in [5.41, 5.74) is 0. The van der Waals surface area contributed by atoms with Crippen molar-refractivity contribution in [1.82, 2.24) is 15.1 Å². The van der Waals surface area contributed by atoms with Gasteiger partial charge in [-0.1, -0.05) is 202 Å². The molecule has 0 rings (SSSR count). The molecule has 0 saturated heterocycles. The molecule has 0 fully saturated rings. The van der Waals surface area contributed by atoms with Crippen LogP contribution in [0.3, 0.4) is 0 Å². The summed E-state index contributed by atoms with van der Waals surface area (Å²) in [6, 6.07) is 0. The minimum absolute atomic E-state index is 0.256. The highest BCUT2D eigenvalue weighted by atomic mass is 16.3. The van der Waals surface area contributed by atoms with Crippen molar-refractivity contribution < 1.29 is 15.3 Å². The van der Waals surface area contributed by atoms with Crippen molar-refractivity contribution in [3.05, 3.63) is 0 Å². The molecule has 0 aliphatic heterocycles. The van der Waals surface area contributed by atoms with Crippen molar-refractivity contribution >= 4 is 0 Å². The predicted octanol–water partition coefficient (Wildman–Crippen LogP) is 11.5. The average molecular weight is 754 g/mol.